The average molecular weight is 239 g/mol. The first-order valence-corrected chi connectivity index (χ1v) is 6.48. The number of halogens is 1. The molecule has 0 aromatic rings. The smallest absolute Gasteiger partial charge is 0.0117 e. The van der Waals surface area contributed by atoms with Crippen LogP contribution in [0.25, 0.3) is 0 Å². The maximum absolute atomic E-state index is 3.40. The summed E-state index contributed by atoms with van der Waals surface area (Å²) in [5, 5.41) is 3.40. The van der Waals surface area contributed by atoms with Gasteiger partial charge in [0, 0.05) is 18.3 Å². The fourth-order valence-corrected chi connectivity index (χ4v) is 2.49. The number of hydrogen-bond acceptors (Lipinski definition) is 3. The van der Waals surface area contributed by atoms with E-state index in [1.807, 2.05) is 11.8 Å². The van der Waals surface area contributed by atoms with E-state index in [0.29, 0.717) is 0 Å². The predicted molar refractivity (Wildman–Crippen MR) is 68.8 cm³/mol. The summed E-state index contributed by atoms with van der Waals surface area (Å²) in [6.07, 6.45) is 2.65. The number of hydrogen-bond donors (Lipinski definition) is 1. The summed E-state index contributed by atoms with van der Waals surface area (Å²) in [5.74, 6) is 2.54. The zero-order chi connectivity index (χ0) is 9.52. The van der Waals surface area contributed by atoms with Crippen LogP contribution in [0.4, 0.5) is 0 Å². The highest BCUT2D eigenvalue weighted by Gasteiger charge is 2.16. The third-order valence-corrected chi connectivity index (χ3v) is 3.60. The minimum atomic E-state index is 0. The molecular formula is C10H23ClN2S. The molecule has 0 radical (unpaired) electrons. The highest BCUT2D eigenvalue weighted by atomic mass is 35.5. The number of thioether (sulfide) groups is 1. The van der Waals surface area contributed by atoms with Crippen molar-refractivity contribution in [1.29, 1.82) is 0 Å². The lowest BCUT2D eigenvalue weighted by Crippen LogP contribution is -2.41. The quantitative estimate of drug-likeness (QED) is 0.736. The molecule has 1 saturated heterocycles. The van der Waals surface area contributed by atoms with Crippen molar-refractivity contribution in [3.8, 4) is 0 Å². The lowest BCUT2D eigenvalue weighted by atomic mass is 10.1. The summed E-state index contributed by atoms with van der Waals surface area (Å²) in [4.78, 5) is 2.53. The molecule has 1 rings (SSSR count). The van der Waals surface area contributed by atoms with E-state index in [1.54, 1.807) is 0 Å². The van der Waals surface area contributed by atoms with E-state index < -0.39 is 0 Å². The van der Waals surface area contributed by atoms with Crippen molar-refractivity contribution in [2.75, 3.05) is 38.2 Å². The van der Waals surface area contributed by atoms with Gasteiger partial charge < -0.3 is 10.2 Å². The van der Waals surface area contributed by atoms with Crippen LogP contribution in [-0.4, -0.2) is 49.1 Å². The van der Waals surface area contributed by atoms with Crippen LogP contribution in [0.3, 0.4) is 0 Å². The lowest BCUT2D eigenvalue weighted by Gasteiger charge is -2.31. The van der Waals surface area contributed by atoms with Gasteiger partial charge >= 0.3 is 0 Å². The second kappa shape index (κ2) is 8.84. The molecule has 4 heteroatoms. The van der Waals surface area contributed by atoms with E-state index in [0.717, 1.165) is 6.04 Å². The van der Waals surface area contributed by atoms with Gasteiger partial charge in [-0.05, 0) is 38.7 Å². The normalized spacial score (nSPS) is 18.2. The predicted octanol–water partition coefficient (Wildman–Crippen LogP) is 1.85. The van der Waals surface area contributed by atoms with Gasteiger partial charge in [-0.2, -0.15) is 11.8 Å². The van der Waals surface area contributed by atoms with Crippen LogP contribution in [0.1, 0.15) is 19.8 Å². The summed E-state index contributed by atoms with van der Waals surface area (Å²) in [7, 11) is 2.27. The van der Waals surface area contributed by atoms with Gasteiger partial charge in [-0.3, -0.25) is 0 Å². The zero-order valence-corrected chi connectivity index (χ0v) is 10.9. The maximum atomic E-state index is 3.40. The first-order chi connectivity index (χ1) is 6.34. The van der Waals surface area contributed by atoms with Gasteiger partial charge in [0.2, 0.25) is 0 Å². The molecule has 1 aliphatic rings. The average Bonchev–Trinajstić information content (AvgIpc) is 2.19. The SMILES string of the molecule is CCSCCN(C)C1CCNCC1.Cl. The number of nitrogens with zero attached hydrogens (tertiary/aromatic N) is 1. The molecule has 2 nitrogen and oxygen atoms in total. The van der Waals surface area contributed by atoms with E-state index in [1.165, 1.54) is 44.0 Å². The Bertz CT molecular complexity index is 129. The minimum Gasteiger partial charge on any atom is -0.317 e. The van der Waals surface area contributed by atoms with Crippen molar-refractivity contribution in [2.24, 2.45) is 0 Å². The topological polar surface area (TPSA) is 15.3 Å². The van der Waals surface area contributed by atoms with Crippen molar-refractivity contribution in [3.63, 3.8) is 0 Å². The second-order valence-corrected chi connectivity index (χ2v) is 5.05. The van der Waals surface area contributed by atoms with Gasteiger partial charge in [0.15, 0.2) is 0 Å². The van der Waals surface area contributed by atoms with E-state index in [-0.39, 0.29) is 12.4 Å². The Morgan fingerprint density at radius 1 is 1.36 bits per heavy atom. The van der Waals surface area contributed by atoms with Crippen LogP contribution >= 0.6 is 24.2 Å². The third-order valence-electron chi connectivity index (χ3n) is 2.72. The van der Waals surface area contributed by atoms with Crippen molar-refractivity contribution in [3.05, 3.63) is 0 Å². The fourth-order valence-electron chi connectivity index (χ4n) is 1.78. The van der Waals surface area contributed by atoms with Gasteiger partial charge in [0.05, 0.1) is 0 Å². The van der Waals surface area contributed by atoms with Crippen LogP contribution < -0.4 is 5.32 Å². The van der Waals surface area contributed by atoms with Crippen molar-refractivity contribution in [2.45, 2.75) is 25.8 Å². The Hall–Kier alpha value is 0.560. The number of rotatable bonds is 5. The Balaban J connectivity index is 0.00000169. The summed E-state index contributed by atoms with van der Waals surface area (Å²) in [6.45, 7) is 5.89. The maximum Gasteiger partial charge on any atom is 0.0117 e. The molecule has 0 aliphatic carbocycles. The summed E-state index contributed by atoms with van der Waals surface area (Å²) in [6, 6.07) is 0.832. The molecule has 14 heavy (non-hydrogen) atoms. The molecule has 86 valence electrons. The summed E-state index contributed by atoms with van der Waals surface area (Å²) < 4.78 is 0. The zero-order valence-electron chi connectivity index (χ0n) is 9.29. The molecule has 0 aromatic carbocycles. The van der Waals surface area contributed by atoms with Crippen molar-refractivity contribution >= 4 is 24.2 Å². The molecule has 0 bridgehead atoms. The highest BCUT2D eigenvalue weighted by molar-refractivity contribution is 7.99. The molecule has 1 N–H and O–H groups in total. The Kier molecular flexibility index (Phi) is 9.19. The molecule has 0 spiro atoms. The van der Waals surface area contributed by atoms with Gasteiger partial charge in [-0.15, -0.1) is 12.4 Å². The fraction of sp³-hybridized carbons (Fsp3) is 1.00. The van der Waals surface area contributed by atoms with Crippen molar-refractivity contribution < 1.29 is 0 Å². The van der Waals surface area contributed by atoms with Gasteiger partial charge in [-0.25, -0.2) is 0 Å². The molecule has 0 atom stereocenters. The summed E-state index contributed by atoms with van der Waals surface area (Å²) >= 11 is 2.04. The molecule has 1 heterocycles. The van der Waals surface area contributed by atoms with Crippen LogP contribution in [0.15, 0.2) is 0 Å². The van der Waals surface area contributed by atoms with E-state index in [4.69, 9.17) is 0 Å². The van der Waals surface area contributed by atoms with E-state index >= 15 is 0 Å². The number of nitrogens with one attached hydrogen (secondary N) is 1. The van der Waals surface area contributed by atoms with Crippen LogP contribution in [0.2, 0.25) is 0 Å². The van der Waals surface area contributed by atoms with Crippen molar-refractivity contribution in [1.82, 2.24) is 10.2 Å². The standard InChI is InChI=1S/C10H22N2S.ClH/c1-3-13-9-8-12(2)10-4-6-11-7-5-10;/h10-11H,3-9H2,1-2H3;1H. The molecule has 0 aromatic heterocycles. The van der Waals surface area contributed by atoms with Crippen LogP contribution in [0.5, 0.6) is 0 Å². The van der Waals surface area contributed by atoms with E-state index in [9.17, 15) is 0 Å². The molecule has 1 fully saturated rings. The first-order valence-electron chi connectivity index (χ1n) is 5.33. The Morgan fingerprint density at radius 2 is 2.00 bits per heavy atom. The second-order valence-electron chi connectivity index (χ2n) is 3.66. The third kappa shape index (κ3) is 5.44. The van der Waals surface area contributed by atoms with Crippen LogP contribution in [-0.2, 0) is 0 Å². The Labute approximate surface area is 98.6 Å². The molecule has 0 saturated carbocycles. The highest BCUT2D eigenvalue weighted by Crippen LogP contribution is 2.10. The molecular weight excluding hydrogens is 216 g/mol. The largest absolute Gasteiger partial charge is 0.317 e. The molecule has 0 unspecified atom stereocenters. The first kappa shape index (κ1) is 14.6. The molecule has 1 aliphatic heterocycles. The summed E-state index contributed by atoms with van der Waals surface area (Å²) in [5.41, 5.74) is 0. The monoisotopic (exact) mass is 238 g/mol. The van der Waals surface area contributed by atoms with Gasteiger partial charge in [0.1, 0.15) is 0 Å². The number of piperidine rings is 1. The van der Waals surface area contributed by atoms with Gasteiger partial charge in [-0.1, -0.05) is 6.92 Å². The lowest BCUT2D eigenvalue weighted by molar-refractivity contribution is 0.210. The minimum absolute atomic E-state index is 0. The Morgan fingerprint density at radius 3 is 2.57 bits per heavy atom. The van der Waals surface area contributed by atoms with Gasteiger partial charge in [0.25, 0.3) is 0 Å². The van der Waals surface area contributed by atoms with E-state index in [2.05, 4.69) is 24.2 Å². The van der Waals surface area contributed by atoms with Crippen LogP contribution in [0, 0.1) is 0 Å². The molecule has 0 amide bonds.